The fourth-order valence-electron chi connectivity index (χ4n) is 3.22. The first-order valence-electron chi connectivity index (χ1n) is 8.78. The molecule has 7 nitrogen and oxygen atoms in total. The first-order valence-corrected chi connectivity index (χ1v) is 10.7. The summed E-state index contributed by atoms with van der Waals surface area (Å²) in [6.07, 6.45) is 6.41. The topological polar surface area (TPSA) is 96.9 Å². The summed E-state index contributed by atoms with van der Waals surface area (Å²) in [6.45, 7) is 6.24. The van der Waals surface area contributed by atoms with Gasteiger partial charge in [0.05, 0.1) is 11.9 Å². The van der Waals surface area contributed by atoms with E-state index in [0.29, 0.717) is 18.2 Å². The van der Waals surface area contributed by atoms with Crippen LogP contribution < -0.4 is 10.6 Å². The smallest absolute Gasteiger partial charge is 0.223 e. The van der Waals surface area contributed by atoms with E-state index in [1.165, 1.54) is 12.5 Å². The van der Waals surface area contributed by atoms with Crippen molar-refractivity contribution in [3.8, 4) is 0 Å². The van der Waals surface area contributed by atoms with Crippen LogP contribution in [0.3, 0.4) is 0 Å². The van der Waals surface area contributed by atoms with Crippen molar-refractivity contribution in [3.63, 3.8) is 0 Å². The number of anilines is 1. The predicted octanol–water partition coefficient (Wildman–Crippen LogP) is 2.81. The standard InChI is InChI=1S/C18H25N5O2S.2ClH/c1-12-7-13(2)20-9-15(12)10-21-18-22-11-16(26(3,24)25)17(23-18)14-5-4-6-19-8-14;;/h7,9,11,14,19H,4-6,8,10H2,1-3H3,(H,21,22,23);2*1H. The number of pyridine rings is 1. The molecule has 0 amide bonds. The lowest BCUT2D eigenvalue weighted by molar-refractivity contribution is 0.448. The molecular formula is C18H27Cl2N5O2S. The number of aryl methyl sites for hydroxylation is 2. The van der Waals surface area contributed by atoms with Crippen LogP contribution in [0.1, 0.15) is 41.3 Å². The van der Waals surface area contributed by atoms with E-state index < -0.39 is 9.84 Å². The van der Waals surface area contributed by atoms with Gasteiger partial charge in [0, 0.05) is 37.2 Å². The van der Waals surface area contributed by atoms with Crippen molar-refractivity contribution in [1.29, 1.82) is 0 Å². The highest BCUT2D eigenvalue weighted by Crippen LogP contribution is 2.28. The van der Waals surface area contributed by atoms with Gasteiger partial charge >= 0.3 is 0 Å². The Labute approximate surface area is 178 Å². The molecule has 0 saturated carbocycles. The number of hydrogen-bond acceptors (Lipinski definition) is 7. The minimum absolute atomic E-state index is 0. The normalized spacial score (nSPS) is 16.6. The SMILES string of the molecule is Cc1cc(C)c(CNc2ncc(S(C)(=O)=O)c(C3CCCNC3)n2)cn1.Cl.Cl. The lowest BCUT2D eigenvalue weighted by Gasteiger charge is -2.24. The van der Waals surface area contributed by atoms with E-state index in [0.717, 1.165) is 42.8 Å². The lowest BCUT2D eigenvalue weighted by atomic mass is 9.96. The Morgan fingerprint density at radius 2 is 1.96 bits per heavy atom. The first-order chi connectivity index (χ1) is 12.3. The molecule has 2 N–H and O–H groups in total. The van der Waals surface area contributed by atoms with E-state index >= 15 is 0 Å². The third-order valence-corrected chi connectivity index (χ3v) is 5.77. The Morgan fingerprint density at radius 1 is 1.21 bits per heavy atom. The van der Waals surface area contributed by atoms with Crippen LogP contribution in [0.15, 0.2) is 23.4 Å². The summed E-state index contributed by atoms with van der Waals surface area (Å²) >= 11 is 0. The van der Waals surface area contributed by atoms with Crippen LogP contribution in [0.5, 0.6) is 0 Å². The number of halogens is 2. The summed E-state index contributed by atoms with van der Waals surface area (Å²) in [5.41, 5.74) is 3.80. The second kappa shape index (κ2) is 10.3. The monoisotopic (exact) mass is 447 g/mol. The molecule has 1 atom stereocenters. The van der Waals surface area contributed by atoms with Crippen molar-refractivity contribution in [2.24, 2.45) is 0 Å². The molecular weight excluding hydrogens is 421 g/mol. The second-order valence-electron chi connectivity index (χ2n) is 6.86. The maximum atomic E-state index is 12.1. The zero-order valence-corrected chi connectivity index (χ0v) is 18.7. The number of hydrogen-bond donors (Lipinski definition) is 2. The Bertz CT molecular complexity index is 903. The molecule has 1 fully saturated rings. The van der Waals surface area contributed by atoms with Crippen LogP contribution in [0.2, 0.25) is 0 Å². The fourth-order valence-corrected chi connectivity index (χ4v) is 4.05. The number of nitrogens with one attached hydrogen (secondary N) is 2. The van der Waals surface area contributed by atoms with E-state index in [1.807, 2.05) is 26.1 Å². The van der Waals surface area contributed by atoms with Gasteiger partial charge in [-0.1, -0.05) is 0 Å². The third kappa shape index (κ3) is 6.01. The summed E-state index contributed by atoms with van der Waals surface area (Å²) in [7, 11) is -3.37. The zero-order chi connectivity index (χ0) is 18.7. The van der Waals surface area contributed by atoms with Gasteiger partial charge in [-0.3, -0.25) is 4.98 Å². The maximum Gasteiger partial charge on any atom is 0.223 e. The van der Waals surface area contributed by atoms with Gasteiger partial charge < -0.3 is 10.6 Å². The van der Waals surface area contributed by atoms with Crippen LogP contribution in [0.25, 0.3) is 0 Å². The molecule has 1 aliphatic heterocycles. The number of sulfone groups is 1. The number of piperidine rings is 1. The molecule has 0 bridgehead atoms. The Hall–Kier alpha value is -1.48. The van der Waals surface area contributed by atoms with Crippen molar-refractivity contribution in [2.75, 3.05) is 24.7 Å². The van der Waals surface area contributed by atoms with E-state index in [9.17, 15) is 8.42 Å². The van der Waals surface area contributed by atoms with E-state index in [-0.39, 0.29) is 35.6 Å². The summed E-state index contributed by atoms with van der Waals surface area (Å²) in [4.78, 5) is 13.3. The van der Waals surface area contributed by atoms with Gasteiger partial charge in [-0.15, -0.1) is 24.8 Å². The lowest BCUT2D eigenvalue weighted by Crippen LogP contribution is -2.30. The molecule has 3 rings (SSSR count). The number of aromatic nitrogens is 3. The molecule has 28 heavy (non-hydrogen) atoms. The minimum atomic E-state index is -3.37. The molecule has 0 aromatic carbocycles. The molecule has 10 heteroatoms. The van der Waals surface area contributed by atoms with Gasteiger partial charge in [0.15, 0.2) is 9.84 Å². The molecule has 0 aliphatic carbocycles. The van der Waals surface area contributed by atoms with E-state index in [4.69, 9.17) is 0 Å². The fraction of sp³-hybridized carbons (Fsp3) is 0.500. The van der Waals surface area contributed by atoms with Gasteiger partial charge in [-0.05, 0) is 50.4 Å². The van der Waals surface area contributed by atoms with E-state index in [1.54, 1.807) is 0 Å². The van der Waals surface area contributed by atoms with Crippen molar-refractivity contribution in [2.45, 2.75) is 44.0 Å². The highest BCUT2D eigenvalue weighted by molar-refractivity contribution is 7.90. The molecule has 1 unspecified atom stereocenters. The molecule has 1 aliphatic rings. The highest BCUT2D eigenvalue weighted by Gasteiger charge is 2.25. The minimum Gasteiger partial charge on any atom is -0.350 e. The quantitative estimate of drug-likeness (QED) is 0.726. The average Bonchev–Trinajstić information content (AvgIpc) is 2.61. The van der Waals surface area contributed by atoms with Crippen LogP contribution in [0, 0.1) is 13.8 Å². The van der Waals surface area contributed by atoms with Gasteiger partial charge in [0.2, 0.25) is 5.95 Å². The maximum absolute atomic E-state index is 12.1. The van der Waals surface area contributed by atoms with Crippen molar-refractivity contribution in [3.05, 3.63) is 41.0 Å². The van der Waals surface area contributed by atoms with Crippen LogP contribution >= 0.6 is 24.8 Å². The van der Waals surface area contributed by atoms with Gasteiger partial charge in [0.25, 0.3) is 0 Å². The average molecular weight is 448 g/mol. The second-order valence-corrected chi connectivity index (χ2v) is 8.85. The molecule has 2 aromatic rings. The largest absolute Gasteiger partial charge is 0.350 e. The number of rotatable bonds is 5. The molecule has 156 valence electrons. The first kappa shape index (κ1) is 24.6. The Morgan fingerprint density at radius 3 is 2.57 bits per heavy atom. The Kier molecular flexibility index (Phi) is 9.07. The molecule has 0 spiro atoms. The predicted molar refractivity (Wildman–Crippen MR) is 116 cm³/mol. The summed E-state index contributed by atoms with van der Waals surface area (Å²) in [5.74, 6) is 0.526. The molecule has 0 radical (unpaired) electrons. The van der Waals surface area contributed by atoms with Crippen LogP contribution in [-0.2, 0) is 16.4 Å². The van der Waals surface area contributed by atoms with Crippen molar-refractivity contribution >= 4 is 40.6 Å². The molecule has 1 saturated heterocycles. The third-order valence-electron chi connectivity index (χ3n) is 4.66. The van der Waals surface area contributed by atoms with Gasteiger partial charge in [-0.2, -0.15) is 0 Å². The molecule has 3 heterocycles. The summed E-state index contributed by atoms with van der Waals surface area (Å²) in [6, 6.07) is 2.03. The van der Waals surface area contributed by atoms with Gasteiger partial charge in [-0.25, -0.2) is 18.4 Å². The van der Waals surface area contributed by atoms with Crippen molar-refractivity contribution in [1.82, 2.24) is 20.3 Å². The number of nitrogens with zero attached hydrogens (tertiary/aromatic N) is 3. The van der Waals surface area contributed by atoms with E-state index in [2.05, 4.69) is 25.6 Å². The van der Waals surface area contributed by atoms with Crippen LogP contribution in [-0.4, -0.2) is 42.7 Å². The highest BCUT2D eigenvalue weighted by atomic mass is 35.5. The summed E-state index contributed by atoms with van der Waals surface area (Å²) in [5, 5.41) is 6.52. The zero-order valence-electron chi connectivity index (χ0n) is 16.2. The summed E-state index contributed by atoms with van der Waals surface area (Å²) < 4.78 is 24.3. The Balaban J connectivity index is 0.00000196. The van der Waals surface area contributed by atoms with Crippen LogP contribution in [0.4, 0.5) is 5.95 Å². The van der Waals surface area contributed by atoms with Gasteiger partial charge in [0.1, 0.15) is 4.90 Å². The molecule has 2 aromatic heterocycles. The van der Waals surface area contributed by atoms with Crippen molar-refractivity contribution < 1.29 is 8.42 Å².